The summed E-state index contributed by atoms with van der Waals surface area (Å²) in [5, 5.41) is 4.86. The summed E-state index contributed by atoms with van der Waals surface area (Å²) in [6.45, 7) is 1.63. The average Bonchev–Trinajstić information content (AvgIpc) is 2.50. The van der Waals surface area contributed by atoms with Crippen molar-refractivity contribution in [2.45, 2.75) is 25.8 Å². The second-order valence-corrected chi connectivity index (χ2v) is 5.86. The van der Waals surface area contributed by atoms with Gasteiger partial charge in [0, 0.05) is 0 Å². The number of benzene rings is 1. The number of halogens is 3. The van der Waals surface area contributed by atoms with Gasteiger partial charge in [-0.1, -0.05) is 37.6 Å². The molecule has 0 heterocycles. The SMILES string of the molecule is CC(C)C(NC(=O)c1ccccc1Cl)C(=O)NCC(F)(F)CN. The Morgan fingerprint density at radius 2 is 1.91 bits per heavy atom. The number of alkyl halides is 2. The van der Waals surface area contributed by atoms with E-state index in [1.54, 1.807) is 32.0 Å². The van der Waals surface area contributed by atoms with E-state index in [-0.39, 0.29) is 16.5 Å². The predicted octanol–water partition coefficient (Wildman–Crippen LogP) is 1.80. The lowest BCUT2D eigenvalue weighted by molar-refractivity contribution is -0.125. The maximum Gasteiger partial charge on any atom is 0.277 e. The summed E-state index contributed by atoms with van der Waals surface area (Å²) in [6, 6.07) is 5.39. The minimum Gasteiger partial charge on any atom is -0.348 e. The summed E-state index contributed by atoms with van der Waals surface area (Å²) in [5.41, 5.74) is 5.12. The number of rotatable bonds is 7. The molecule has 0 spiro atoms. The second kappa shape index (κ2) is 8.21. The minimum absolute atomic E-state index is 0.208. The van der Waals surface area contributed by atoms with E-state index >= 15 is 0 Å². The van der Waals surface area contributed by atoms with E-state index in [0.717, 1.165) is 0 Å². The molecule has 0 aliphatic carbocycles. The van der Waals surface area contributed by atoms with Crippen molar-refractivity contribution in [3.8, 4) is 0 Å². The first-order valence-corrected chi connectivity index (χ1v) is 7.46. The summed E-state index contributed by atoms with van der Waals surface area (Å²) in [5.74, 6) is -4.74. The molecule has 0 aromatic heterocycles. The molecule has 0 aliphatic rings. The van der Waals surface area contributed by atoms with Gasteiger partial charge >= 0.3 is 0 Å². The first kappa shape index (κ1) is 19.3. The molecule has 0 bridgehead atoms. The maximum absolute atomic E-state index is 13.1. The summed E-state index contributed by atoms with van der Waals surface area (Å²) in [7, 11) is 0. The van der Waals surface area contributed by atoms with Crippen molar-refractivity contribution in [2.75, 3.05) is 13.1 Å². The molecule has 0 fully saturated rings. The van der Waals surface area contributed by atoms with Crippen LogP contribution in [0.5, 0.6) is 0 Å². The van der Waals surface area contributed by atoms with E-state index in [9.17, 15) is 18.4 Å². The number of hydrogen-bond donors (Lipinski definition) is 3. The van der Waals surface area contributed by atoms with Gasteiger partial charge < -0.3 is 16.4 Å². The molecule has 0 aliphatic heterocycles. The van der Waals surface area contributed by atoms with Crippen LogP contribution < -0.4 is 16.4 Å². The first-order valence-electron chi connectivity index (χ1n) is 7.09. The number of carbonyl (C=O) groups is 2. The van der Waals surface area contributed by atoms with E-state index < -0.39 is 36.9 Å². The number of nitrogens with two attached hydrogens (primary N) is 1. The van der Waals surface area contributed by atoms with Gasteiger partial charge in [0.05, 0.1) is 23.7 Å². The fraction of sp³-hybridized carbons (Fsp3) is 0.467. The molecule has 1 aromatic carbocycles. The van der Waals surface area contributed by atoms with Crippen LogP contribution in [0, 0.1) is 5.92 Å². The zero-order valence-electron chi connectivity index (χ0n) is 12.9. The maximum atomic E-state index is 13.1. The van der Waals surface area contributed by atoms with E-state index in [1.165, 1.54) is 6.07 Å². The van der Waals surface area contributed by atoms with Crippen molar-refractivity contribution < 1.29 is 18.4 Å². The fourth-order valence-electron chi connectivity index (χ4n) is 1.80. The second-order valence-electron chi connectivity index (χ2n) is 5.45. The molecule has 128 valence electrons. The van der Waals surface area contributed by atoms with Crippen LogP contribution in [-0.4, -0.2) is 36.9 Å². The molecule has 0 saturated carbocycles. The van der Waals surface area contributed by atoms with Gasteiger partial charge in [0.25, 0.3) is 11.8 Å². The molecule has 8 heteroatoms. The van der Waals surface area contributed by atoms with Crippen molar-refractivity contribution in [1.29, 1.82) is 0 Å². The van der Waals surface area contributed by atoms with Gasteiger partial charge in [-0.05, 0) is 18.1 Å². The highest BCUT2D eigenvalue weighted by Crippen LogP contribution is 2.16. The van der Waals surface area contributed by atoms with Gasteiger partial charge in [0.1, 0.15) is 6.04 Å². The number of hydrogen-bond acceptors (Lipinski definition) is 3. The highest BCUT2D eigenvalue weighted by atomic mass is 35.5. The van der Waals surface area contributed by atoms with Gasteiger partial charge in [-0.2, -0.15) is 0 Å². The summed E-state index contributed by atoms with van der Waals surface area (Å²) < 4.78 is 26.2. The van der Waals surface area contributed by atoms with Crippen molar-refractivity contribution in [3.63, 3.8) is 0 Å². The Morgan fingerprint density at radius 3 is 2.43 bits per heavy atom. The van der Waals surface area contributed by atoms with Crippen LogP contribution in [0.1, 0.15) is 24.2 Å². The van der Waals surface area contributed by atoms with Crippen LogP contribution in [0.2, 0.25) is 5.02 Å². The standard InChI is InChI=1S/C15H20ClF2N3O2/c1-9(2)12(14(23)20-8-15(17,18)7-19)21-13(22)10-5-3-4-6-11(10)16/h3-6,9,12H,7-8,19H2,1-2H3,(H,20,23)(H,21,22). The van der Waals surface area contributed by atoms with Crippen LogP contribution in [0.3, 0.4) is 0 Å². The summed E-state index contributed by atoms with van der Waals surface area (Å²) in [4.78, 5) is 24.3. The zero-order valence-corrected chi connectivity index (χ0v) is 13.7. The predicted molar refractivity (Wildman–Crippen MR) is 84.6 cm³/mol. The Balaban J connectivity index is 2.77. The highest BCUT2D eigenvalue weighted by Gasteiger charge is 2.31. The van der Waals surface area contributed by atoms with Gasteiger partial charge in [-0.25, -0.2) is 8.78 Å². The van der Waals surface area contributed by atoms with Crippen molar-refractivity contribution in [2.24, 2.45) is 11.7 Å². The molecule has 1 atom stereocenters. The van der Waals surface area contributed by atoms with E-state index in [0.29, 0.717) is 0 Å². The molecule has 5 nitrogen and oxygen atoms in total. The average molecular weight is 348 g/mol. The van der Waals surface area contributed by atoms with Crippen molar-refractivity contribution >= 4 is 23.4 Å². The number of nitrogens with one attached hydrogen (secondary N) is 2. The number of amides is 2. The first-order chi connectivity index (χ1) is 10.7. The molecule has 1 unspecified atom stereocenters. The van der Waals surface area contributed by atoms with Crippen LogP contribution in [-0.2, 0) is 4.79 Å². The Hall–Kier alpha value is -1.73. The fourth-order valence-corrected chi connectivity index (χ4v) is 2.02. The van der Waals surface area contributed by atoms with Crippen LogP contribution in [0.4, 0.5) is 8.78 Å². The lowest BCUT2D eigenvalue weighted by atomic mass is 10.0. The van der Waals surface area contributed by atoms with Crippen molar-refractivity contribution in [1.82, 2.24) is 10.6 Å². The molecular formula is C15H20ClF2N3O2. The Kier molecular flexibility index (Phi) is 6.90. The molecule has 23 heavy (non-hydrogen) atoms. The normalized spacial score (nSPS) is 12.8. The third kappa shape index (κ3) is 5.76. The third-order valence-electron chi connectivity index (χ3n) is 3.17. The van der Waals surface area contributed by atoms with Crippen LogP contribution in [0.15, 0.2) is 24.3 Å². The third-order valence-corrected chi connectivity index (χ3v) is 3.50. The highest BCUT2D eigenvalue weighted by molar-refractivity contribution is 6.33. The Labute approximate surface area is 138 Å². The Bertz CT molecular complexity index is 567. The summed E-state index contributed by atoms with van der Waals surface area (Å²) >= 11 is 5.93. The molecule has 4 N–H and O–H groups in total. The topological polar surface area (TPSA) is 84.2 Å². The van der Waals surface area contributed by atoms with Gasteiger partial charge in [0.15, 0.2) is 0 Å². The van der Waals surface area contributed by atoms with Gasteiger partial charge in [-0.3, -0.25) is 9.59 Å². The van der Waals surface area contributed by atoms with Gasteiger partial charge in [0.2, 0.25) is 5.91 Å². The largest absolute Gasteiger partial charge is 0.348 e. The lowest BCUT2D eigenvalue weighted by Crippen LogP contribution is -2.52. The lowest BCUT2D eigenvalue weighted by Gasteiger charge is -2.23. The van der Waals surface area contributed by atoms with E-state index in [2.05, 4.69) is 10.6 Å². The smallest absolute Gasteiger partial charge is 0.277 e. The van der Waals surface area contributed by atoms with Crippen LogP contribution >= 0.6 is 11.6 Å². The zero-order chi connectivity index (χ0) is 17.6. The Morgan fingerprint density at radius 1 is 1.30 bits per heavy atom. The molecule has 1 rings (SSSR count). The molecular weight excluding hydrogens is 328 g/mol. The van der Waals surface area contributed by atoms with Gasteiger partial charge in [-0.15, -0.1) is 0 Å². The van der Waals surface area contributed by atoms with E-state index in [1.807, 2.05) is 0 Å². The quantitative estimate of drug-likeness (QED) is 0.703. The monoisotopic (exact) mass is 347 g/mol. The molecule has 0 radical (unpaired) electrons. The van der Waals surface area contributed by atoms with E-state index in [4.69, 9.17) is 17.3 Å². The van der Waals surface area contributed by atoms with Crippen LogP contribution in [0.25, 0.3) is 0 Å². The number of carbonyl (C=O) groups excluding carboxylic acids is 2. The summed E-state index contributed by atoms with van der Waals surface area (Å²) in [6.07, 6.45) is 0. The molecule has 1 aromatic rings. The minimum atomic E-state index is -3.19. The molecule has 0 saturated heterocycles. The van der Waals surface area contributed by atoms with Crippen molar-refractivity contribution in [3.05, 3.63) is 34.9 Å². The molecule has 2 amide bonds.